The summed E-state index contributed by atoms with van der Waals surface area (Å²) in [5, 5.41) is 4.29. The number of hydrogen-bond donors (Lipinski definition) is 0. The van der Waals surface area contributed by atoms with Gasteiger partial charge in [0.1, 0.15) is 10.2 Å². The molecule has 0 N–H and O–H groups in total. The van der Waals surface area contributed by atoms with Crippen molar-refractivity contribution in [3.63, 3.8) is 0 Å². The molecule has 0 saturated carbocycles. The Morgan fingerprint density at radius 1 is 1.24 bits per heavy atom. The highest BCUT2D eigenvalue weighted by Crippen LogP contribution is 2.32. The molecule has 0 atom stereocenters. The summed E-state index contributed by atoms with van der Waals surface area (Å²) in [5.74, 6) is 0. The number of carbonyl (C=O) groups excluding carboxylic acids is 1. The van der Waals surface area contributed by atoms with Crippen LogP contribution in [0.15, 0.2) is 41.4 Å². The van der Waals surface area contributed by atoms with Crippen LogP contribution in [0.2, 0.25) is 0 Å². The number of pyridine rings is 1. The molecule has 4 heterocycles. The van der Waals surface area contributed by atoms with E-state index in [1.54, 1.807) is 9.58 Å². The Bertz CT molecular complexity index is 1110. The van der Waals surface area contributed by atoms with Gasteiger partial charge in [0, 0.05) is 38.1 Å². The zero-order chi connectivity index (χ0) is 20.8. The summed E-state index contributed by atoms with van der Waals surface area (Å²) >= 11 is 3.49. The number of amides is 1. The first-order chi connectivity index (χ1) is 13.7. The van der Waals surface area contributed by atoms with Crippen LogP contribution in [-0.4, -0.2) is 49.0 Å². The second kappa shape index (κ2) is 7.33. The average molecular weight is 458 g/mol. The lowest BCUT2D eigenvalue weighted by Gasteiger charge is -2.29. The van der Waals surface area contributed by atoms with Gasteiger partial charge in [-0.15, -0.1) is 0 Å². The van der Waals surface area contributed by atoms with Crippen LogP contribution in [0.25, 0.3) is 22.3 Å². The van der Waals surface area contributed by atoms with Crippen molar-refractivity contribution in [2.75, 3.05) is 13.1 Å². The molecule has 0 bridgehead atoms. The summed E-state index contributed by atoms with van der Waals surface area (Å²) in [6, 6.07) is 4.00. The second-order valence-electron chi connectivity index (χ2n) is 8.19. The molecular weight excluding hydrogens is 434 g/mol. The lowest BCUT2D eigenvalue weighted by Crippen LogP contribution is -2.39. The van der Waals surface area contributed by atoms with Crippen molar-refractivity contribution in [1.29, 1.82) is 0 Å². The Labute approximate surface area is 178 Å². The molecule has 7 nitrogen and oxygen atoms in total. The first-order valence-electron chi connectivity index (χ1n) is 9.55. The predicted molar refractivity (Wildman–Crippen MR) is 116 cm³/mol. The van der Waals surface area contributed by atoms with Crippen LogP contribution in [0.4, 0.5) is 4.79 Å². The molecule has 0 fully saturated rings. The lowest BCUT2D eigenvalue weighted by molar-refractivity contribution is 0.0270. The summed E-state index contributed by atoms with van der Waals surface area (Å²) in [7, 11) is 1.90. The molecule has 1 amide bonds. The van der Waals surface area contributed by atoms with Crippen molar-refractivity contribution in [2.24, 2.45) is 7.05 Å². The van der Waals surface area contributed by atoms with E-state index in [4.69, 9.17) is 9.72 Å². The van der Waals surface area contributed by atoms with E-state index < -0.39 is 5.60 Å². The van der Waals surface area contributed by atoms with Gasteiger partial charge in [0.2, 0.25) is 0 Å². The number of rotatable bonds is 2. The highest BCUT2D eigenvalue weighted by atomic mass is 79.9. The third-order valence-corrected chi connectivity index (χ3v) is 5.23. The Kier molecular flexibility index (Phi) is 4.98. The molecule has 0 radical (unpaired) electrons. The van der Waals surface area contributed by atoms with Crippen LogP contribution < -0.4 is 0 Å². The minimum Gasteiger partial charge on any atom is -0.444 e. The van der Waals surface area contributed by atoms with Gasteiger partial charge in [-0.3, -0.25) is 4.68 Å². The summed E-state index contributed by atoms with van der Waals surface area (Å²) in [5.41, 5.74) is 4.71. The maximum Gasteiger partial charge on any atom is 0.410 e. The van der Waals surface area contributed by atoms with Crippen LogP contribution >= 0.6 is 15.9 Å². The summed E-state index contributed by atoms with van der Waals surface area (Å²) in [4.78, 5) is 18.8. The van der Waals surface area contributed by atoms with Gasteiger partial charge in [-0.25, -0.2) is 9.78 Å². The fourth-order valence-electron chi connectivity index (χ4n) is 3.47. The fraction of sp³-hybridized carbons (Fsp3) is 0.381. The van der Waals surface area contributed by atoms with Crippen molar-refractivity contribution in [3.8, 4) is 5.69 Å². The van der Waals surface area contributed by atoms with Crippen LogP contribution in [0.1, 0.15) is 32.8 Å². The summed E-state index contributed by atoms with van der Waals surface area (Å²) in [6.45, 7) is 6.79. The molecular formula is C21H24BrN5O2. The van der Waals surface area contributed by atoms with Crippen molar-refractivity contribution in [1.82, 2.24) is 24.2 Å². The van der Waals surface area contributed by atoms with Crippen molar-refractivity contribution in [2.45, 2.75) is 32.8 Å². The Morgan fingerprint density at radius 3 is 2.66 bits per heavy atom. The Morgan fingerprint density at radius 2 is 2.03 bits per heavy atom. The first-order valence-corrected chi connectivity index (χ1v) is 10.3. The molecule has 0 spiro atoms. The van der Waals surface area contributed by atoms with Gasteiger partial charge in [-0.05, 0) is 60.8 Å². The molecule has 0 saturated heterocycles. The minimum absolute atomic E-state index is 0.272. The molecule has 0 aliphatic carbocycles. The highest BCUT2D eigenvalue weighted by molar-refractivity contribution is 9.10. The Balaban J connectivity index is 1.68. The maximum absolute atomic E-state index is 12.3. The number of halogens is 1. The minimum atomic E-state index is -0.492. The highest BCUT2D eigenvalue weighted by Gasteiger charge is 2.25. The van der Waals surface area contributed by atoms with E-state index in [1.165, 1.54) is 5.57 Å². The number of nitrogens with zero attached hydrogens (tertiary/aromatic N) is 5. The van der Waals surface area contributed by atoms with Gasteiger partial charge in [0.15, 0.2) is 0 Å². The monoisotopic (exact) mass is 457 g/mol. The van der Waals surface area contributed by atoms with Crippen LogP contribution in [0.5, 0.6) is 0 Å². The topological polar surface area (TPSA) is 65.2 Å². The number of hydrogen-bond acceptors (Lipinski definition) is 4. The molecule has 3 aromatic rings. The van der Waals surface area contributed by atoms with Crippen LogP contribution in [0.3, 0.4) is 0 Å². The molecule has 0 unspecified atom stereocenters. The zero-order valence-electron chi connectivity index (χ0n) is 17.0. The van der Waals surface area contributed by atoms with Crippen LogP contribution in [-0.2, 0) is 11.8 Å². The molecule has 3 aromatic heterocycles. The third-order valence-electron chi connectivity index (χ3n) is 4.79. The summed E-state index contributed by atoms with van der Waals surface area (Å²) < 4.78 is 10.2. The van der Waals surface area contributed by atoms with Crippen molar-refractivity contribution in [3.05, 3.63) is 47.0 Å². The molecule has 4 rings (SSSR count). The maximum atomic E-state index is 12.3. The van der Waals surface area contributed by atoms with Crippen LogP contribution in [0, 0.1) is 0 Å². The largest absolute Gasteiger partial charge is 0.444 e. The quantitative estimate of drug-likeness (QED) is 0.529. The van der Waals surface area contributed by atoms with Gasteiger partial charge in [0.05, 0.1) is 22.9 Å². The number of fused-ring (bicyclic) bond motifs is 1. The van der Waals surface area contributed by atoms with Gasteiger partial charge in [0.25, 0.3) is 0 Å². The van der Waals surface area contributed by atoms with Gasteiger partial charge in [-0.2, -0.15) is 5.10 Å². The van der Waals surface area contributed by atoms with E-state index in [0.29, 0.717) is 13.1 Å². The van der Waals surface area contributed by atoms with Gasteiger partial charge in [-0.1, -0.05) is 6.08 Å². The predicted octanol–water partition coefficient (Wildman–Crippen LogP) is 4.55. The smallest absolute Gasteiger partial charge is 0.410 e. The molecule has 1 aliphatic heterocycles. The Hall–Kier alpha value is -2.61. The molecule has 8 heteroatoms. The molecule has 29 heavy (non-hydrogen) atoms. The lowest BCUT2D eigenvalue weighted by atomic mass is 10.0. The third kappa shape index (κ3) is 4.07. The number of carbonyl (C=O) groups is 1. The van der Waals surface area contributed by atoms with Crippen molar-refractivity contribution >= 4 is 38.6 Å². The van der Waals surface area contributed by atoms with Gasteiger partial charge < -0.3 is 14.2 Å². The van der Waals surface area contributed by atoms with E-state index in [0.717, 1.165) is 33.3 Å². The molecule has 1 aliphatic rings. The first kappa shape index (κ1) is 19.7. The van der Waals surface area contributed by atoms with E-state index in [9.17, 15) is 4.79 Å². The molecule has 152 valence electrons. The van der Waals surface area contributed by atoms with E-state index >= 15 is 0 Å². The summed E-state index contributed by atoms with van der Waals surface area (Å²) in [6.07, 6.45) is 8.50. The van der Waals surface area contributed by atoms with Gasteiger partial charge >= 0.3 is 6.09 Å². The number of ether oxygens (including phenoxy) is 1. The van der Waals surface area contributed by atoms with Crippen molar-refractivity contribution < 1.29 is 9.53 Å². The standard InChI is InChI=1S/C21H24BrN5O2/c1-21(2,3)29-20(28)26-9-7-14(8-10-26)16-13-27(15-11-23-25(4)12-15)17-5-6-18(22)24-19(16)17/h5-7,11-13H,8-10H2,1-4H3. The SMILES string of the molecule is Cn1cc(-n2cc(C3=CCN(C(=O)OC(C)(C)C)CC3)c3nc(Br)ccc32)cn1. The number of aromatic nitrogens is 4. The van der Waals surface area contributed by atoms with E-state index in [2.05, 4.69) is 43.9 Å². The number of aryl methyl sites for hydroxylation is 1. The van der Waals surface area contributed by atoms with E-state index in [1.807, 2.05) is 46.3 Å². The fourth-order valence-corrected chi connectivity index (χ4v) is 3.78. The average Bonchev–Trinajstić information content (AvgIpc) is 3.23. The molecule has 0 aromatic carbocycles. The van der Waals surface area contributed by atoms with E-state index in [-0.39, 0.29) is 6.09 Å². The normalized spacial score (nSPS) is 14.9. The second-order valence-corrected chi connectivity index (χ2v) is 9.00. The zero-order valence-corrected chi connectivity index (χ0v) is 18.6.